The largest absolute Gasteiger partial charge is 0.417 e. The molecule has 2 aromatic rings. The summed E-state index contributed by atoms with van der Waals surface area (Å²) in [6.45, 7) is 0.962. The number of benzene rings is 2. The van der Waals surface area contributed by atoms with Gasteiger partial charge in [0.1, 0.15) is 0 Å². The lowest BCUT2D eigenvalue weighted by Crippen LogP contribution is -2.53. The van der Waals surface area contributed by atoms with Crippen molar-refractivity contribution in [3.8, 4) is 0 Å². The van der Waals surface area contributed by atoms with Gasteiger partial charge in [-0.3, -0.25) is 9.69 Å². The Bertz CT molecular complexity index is 938. The summed E-state index contributed by atoms with van der Waals surface area (Å²) in [6, 6.07) is 12.8. The Morgan fingerprint density at radius 2 is 1.90 bits per heavy atom. The predicted molar refractivity (Wildman–Crippen MR) is 118 cm³/mol. The summed E-state index contributed by atoms with van der Waals surface area (Å²) < 4.78 is 39.8. The summed E-state index contributed by atoms with van der Waals surface area (Å²) in [5.41, 5.74) is -0.462. The Kier molecular flexibility index (Phi) is 6.94. The molecule has 8 heteroatoms. The van der Waals surface area contributed by atoms with Gasteiger partial charge in [-0.05, 0) is 49.9 Å². The van der Waals surface area contributed by atoms with E-state index < -0.39 is 22.7 Å². The van der Waals surface area contributed by atoms with Crippen LogP contribution in [0.25, 0.3) is 0 Å². The average molecular weight is 473 g/mol. The number of likely N-dealkylation sites (N-methyl/N-ethyl adjacent to an activating group) is 1. The van der Waals surface area contributed by atoms with Crippen molar-refractivity contribution in [2.75, 3.05) is 13.6 Å². The molecule has 31 heavy (non-hydrogen) atoms. The van der Waals surface area contributed by atoms with Crippen LogP contribution < -0.4 is 5.32 Å². The van der Waals surface area contributed by atoms with Crippen LogP contribution >= 0.6 is 24.0 Å². The number of nitrogens with zero attached hydrogens (tertiary/aromatic N) is 1. The quantitative estimate of drug-likeness (QED) is 0.580. The summed E-state index contributed by atoms with van der Waals surface area (Å²) in [5.74, 6) is -0.0132. The lowest BCUT2D eigenvalue weighted by atomic mass is 9.73. The molecule has 1 N–H and O–H groups in total. The highest BCUT2D eigenvalue weighted by Crippen LogP contribution is 2.50. The Morgan fingerprint density at radius 3 is 2.58 bits per heavy atom. The maximum Gasteiger partial charge on any atom is 0.417 e. The van der Waals surface area contributed by atoms with Gasteiger partial charge in [0.15, 0.2) is 0 Å². The Morgan fingerprint density at radius 1 is 1.19 bits per heavy atom. The molecule has 168 valence electrons. The van der Waals surface area contributed by atoms with Crippen LogP contribution in [0.4, 0.5) is 13.2 Å². The minimum atomic E-state index is -4.62. The SMILES string of the molecule is CN1CC2CCCC1(C(NC(=O)c1cccc(C(F)(F)F)c1Cl)c1ccccc1)C2.Cl. The number of likely N-dealkylation sites (tertiary alicyclic amines) is 1. The zero-order valence-electron chi connectivity index (χ0n) is 17.1. The molecule has 1 amide bonds. The number of carbonyl (C=O) groups excluding carboxylic acids is 1. The van der Waals surface area contributed by atoms with E-state index >= 15 is 0 Å². The van der Waals surface area contributed by atoms with Crippen molar-refractivity contribution in [3.63, 3.8) is 0 Å². The first kappa shape index (κ1) is 23.9. The van der Waals surface area contributed by atoms with Crippen molar-refractivity contribution >= 4 is 29.9 Å². The molecule has 0 spiro atoms. The van der Waals surface area contributed by atoms with E-state index in [4.69, 9.17) is 11.6 Å². The second-order valence-electron chi connectivity index (χ2n) is 8.43. The van der Waals surface area contributed by atoms with Crippen LogP contribution in [-0.4, -0.2) is 29.9 Å². The molecule has 2 aromatic carbocycles. The van der Waals surface area contributed by atoms with Crippen LogP contribution in [0.15, 0.2) is 48.5 Å². The molecule has 0 aromatic heterocycles. The first-order valence-corrected chi connectivity index (χ1v) is 10.5. The summed E-state index contributed by atoms with van der Waals surface area (Å²) >= 11 is 6.02. The lowest BCUT2D eigenvalue weighted by molar-refractivity contribution is -0.137. The maximum atomic E-state index is 13.3. The highest BCUT2D eigenvalue weighted by Gasteiger charge is 2.52. The van der Waals surface area contributed by atoms with Gasteiger partial charge in [-0.2, -0.15) is 13.2 Å². The van der Waals surface area contributed by atoms with Gasteiger partial charge >= 0.3 is 6.18 Å². The molecule has 2 bridgehead atoms. The lowest BCUT2D eigenvalue weighted by Gasteiger charge is -2.45. The molecular weight excluding hydrogens is 448 g/mol. The molecule has 1 aliphatic carbocycles. The van der Waals surface area contributed by atoms with Gasteiger partial charge in [-0.1, -0.05) is 54.4 Å². The van der Waals surface area contributed by atoms with Gasteiger partial charge in [0.25, 0.3) is 5.91 Å². The van der Waals surface area contributed by atoms with Crippen LogP contribution in [0.5, 0.6) is 0 Å². The minimum Gasteiger partial charge on any atom is -0.343 e. The fraction of sp³-hybridized carbons (Fsp3) is 0.435. The van der Waals surface area contributed by atoms with Crippen molar-refractivity contribution in [1.29, 1.82) is 0 Å². The molecule has 3 nitrogen and oxygen atoms in total. The topological polar surface area (TPSA) is 32.3 Å². The fourth-order valence-corrected chi connectivity index (χ4v) is 5.58. The number of rotatable bonds is 4. The second-order valence-corrected chi connectivity index (χ2v) is 8.81. The predicted octanol–water partition coefficient (Wildman–Crippen LogP) is 6.13. The summed E-state index contributed by atoms with van der Waals surface area (Å²) in [7, 11) is 2.07. The summed E-state index contributed by atoms with van der Waals surface area (Å²) in [4.78, 5) is 15.5. The van der Waals surface area contributed by atoms with Gasteiger partial charge in [0.05, 0.1) is 22.2 Å². The molecule has 2 fully saturated rings. The molecule has 1 saturated heterocycles. The number of alkyl halides is 3. The van der Waals surface area contributed by atoms with Crippen LogP contribution in [0, 0.1) is 5.92 Å². The zero-order valence-corrected chi connectivity index (χ0v) is 18.7. The molecule has 1 aliphatic heterocycles. The van der Waals surface area contributed by atoms with Gasteiger partial charge in [0, 0.05) is 12.1 Å². The molecule has 1 heterocycles. The van der Waals surface area contributed by atoms with E-state index in [1.54, 1.807) is 0 Å². The number of amides is 1. The Hall–Kier alpha value is -1.76. The van der Waals surface area contributed by atoms with Crippen LogP contribution in [0.1, 0.15) is 53.2 Å². The molecule has 3 unspecified atom stereocenters. The summed E-state index contributed by atoms with van der Waals surface area (Å²) in [6.07, 6.45) is -0.498. The van der Waals surface area contributed by atoms with E-state index in [0.717, 1.165) is 37.4 Å². The Balaban J connectivity index is 0.00000272. The minimum absolute atomic E-state index is 0. The molecule has 4 rings (SSSR count). The number of halogens is 5. The van der Waals surface area contributed by atoms with E-state index in [1.165, 1.54) is 18.6 Å². The van der Waals surface area contributed by atoms with Crippen molar-refractivity contribution in [2.24, 2.45) is 5.92 Å². The van der Waals surface area contributed by atoms with Crippen LogP contribution in [0.3, 0.4) is 0 Å². The maximum absolute atomic E-state index is 13.3. The highest BCUT2D eigenvalue weighted by molar-refractivity contribution is 6.34. The fourth-order valence-electron chi connectivity index (χ4n) is 5.26. The molecule has 0 radical (unpaired) electrons. The number of carbonyl (C=O) groups is 1. The zero-order chi connectivity index (χ0) is 21.5. The number of nitrogens with one attached hydrogen (secondary N) is 1. The first-order valence-electron chi connectivity index (χ1n) is 10.1. The van der Waals surface area contributed by atoms with Gasteiger partial charge < -0.3 is 5.32 Å². The monoisotopic (exact) mass is 472 g/mol. The van der Waals surface area contributed by atoms with E-state index in [2.05, 4.69) is 17.3 Å². The molecular formula is C23H25Cl2F3N2O. The van der Waals surface area contributed by atoms with E-state index in [0.29, 0.717) is 5.92 Å². The van der Waals surface area contributed by atoms with E-state index in [-0.39, 0.29) is 29.6 Å². The van der Waals surface area contributed by atoms with Gasteiger partial charge in [-0.25, -0.2) is 0 Å². The first-order chi connectivity index (χ1) is 14.2. The van der Waals surface area contributed by atoms with Crippen molar-refractivity contribution in [2.45, 2.75) is 43.4 Å². The molecule has 3 atom stereocenters. The normalized spacial score (nSPS) is 24.4. The molecule has 2 aliphatic rings. The third-order valence-electron chi connectivity index (χ3n) is 6.65. The molecule has 1 saturated carbocycles. The smallest absolute Gasteiger partial charge is 0.343 e. The van der Waals surface area contributed by atoms with Crippen LogP contribution in [-0.2, 0) is 6.18 Å². The van der Waals surface area contributed by atoms with E-state index in [1.807, 2.05) is 30.3 Å². The van der Waals surface area contributed by atoms with Gasteiger partial charge in [0.2, 0.25) is 0 Å². The highest BCUT2D eigenvalue weighted by atomic mass is 35.5. The third kappa shape index (κ3) is 4.43. The van der Waals surface area contributed by atoms with Crippen molar-refractivity contribution in [1.82, 2.24) is 10.2 Å². The van der Waals surface area contributed by atoms with Crippen molar-refractivity contribution < 1.29 is 18.0 Å². The standard InChI is InChI=1S/C23H24ClF3N2O.ClH/c1-29-14-15-7-6-12-22(29,13-15)20(16-8-3-2-4-9-16)28-21(30)17-10-5-11-18(19(17)24)23(25,26)27;/h2-5,8-11,15,20H,6-7,12-14H2,1H3,(H,28,30);1H. The number of hydrogen-bond acceptors (Lipinski definition) is 2. The Labute approximate surface area is 191 Å². The number of hydrogen-bond donors (Lipinski definition) is 1. The van der Waals surface area contributed by atoms with Gasteiger partial charge in [-0.15, -0.1) is 12.4 Å². The number of fused-ring (bicyclic) bond motifs is 2. The van der Waals surface area contributed by atoms with Crippen LogP contribution in [0.2, 0.25) is 5.02 Å². The van der Waals surface area contributed by atoms with Crippen molar-refractivity contribution in [3.05, 3.63) is 70.2 Å². The summed E-state index contributed by atoms with van der Waals surface area (Å²) in [5, 5.41) is 2.49. The third-order valence-corrected chi connectivity index (χ3v) is 7.06. The van der Waals surface area contributed by atoms with E-state index in [9.17, 15) is 18.0 Å². The second kappa shape index (κ2) is 9.00. The average Bonchev–Trinajstić information content (AvgIpc) is 2.94.